The third-order valence-corrected chi connectivity index (χ3v) is 2.68. The fourth-order valence-corrected chi connectivity index (χ4v) is 1.92. The first-order valence-electron chi connectivity index (χ1n) is 5.81. The molecule has 0 spiro atoms. The average Bonchev–Trinajstić information content (AvgIpc) is 2.69. The second-order valence-corrected chi connectivity index (χ2v) is 4.62. The minimum atomic E-state index is 0.455. The quantitative estimate of drug-likeness (QED) is 0.828. The summed E-state index contributed by atoms with van der Waals surface area (Å²) in [5, 5.41) is 7.77. The molecule has 0 aromatic carbocycles. The van der Waals surface area contributed by atoms with Gasteiger partial charge in [-0.15, -0.1) is 0 Å². The molecule has 0 aliphatic carbocycles. The van der Waals surface area contributed by atoms with Crippen LogP contribution in [0.3, 0.4) is 0 Å². The van der Waals surface area contributed by atoms with Gasteiger partial charge < -0.3 is 10.2 Å². The molecule has 1 N–H and O–H groups in total. The van der Waals surface area contributed by atoms with E-state index in [4.69, 9.17) is 0 Å². The number of aromatic nitrogens is 3. The monoisotopic (exact) mass is 233 g/mol. The Morgan fingerprint density at radius 3 is 3.00 bits per heavy atom. The van der Waals surface area contributed by atoms with Gasteiger partial charge in [0.2, 0.25) is 0 Å². The van der Waals surface area contributed by atoms with Crippen LogP contribution < -0.4 is 5.32 Å². The Balaban J connectivity index is 1.99. The molecule has 0 aliphatic heterocycles. The van der Waals surface area contributed by atoms with Crippen LogP contribution in [0.4, 0.5) is 0 Å². The lowest BCUT2D eigenvalue weighted by Gasteiger charge is -2.17. The van der Waals surface area contributed by atoms with E-state index in [1.165, 1.54) is 5.56 Å². The molecule has 2 heterocycles. The van der Waals surface area contributed by atoms with E-state index >= 15 is 0 Å². The van der Waals surface area contributed by atoms with Crippen LogP contribution in [0.25, 0.3) is 5.52 Å². The highest BCUT2D eigenvalue weighted by Crippen LogP contribution is 2.08. The fraction of sp³-hybridized carbons (Fsp3) is 0.500. The van der Waals surface area contributed by atoms with Crippen molar-refractivity contribution in [1.82, 2.24) is 24.8 Å². The van der Waals surface area contributed by atoms with Gasteiger partial charge in [0, 0.05) is 37.1 Å². The second-order valence-electron chi connectivity index (χ2n) is 4.62. The Labute approximate surface area is 101 Å². The van der Waals surface area contributed by atoms with E-state index in [1.807, 2.05) is 23.1 Å². The lowest BCUT2D eigenvalue weighted by atomic mass is 10.2. The van der Waals surface area contributed by atoms with Crippen LogP contribution in [-0.4, -0.2) is 46.2 Å². The summed E-state index contributed by atoms with van der Waals surface area (Å²) in [6.07, 6.45) is 7.35. The van der Waals surface area contributed by atoms with E-state index in [-0.39, 0.29) is 0 Å². The van der Waals surface area contributed by atoms with Crippen molar-refractivity contribution >= 4 is 5.52 Å². The third-order valence-electron chi connectivity index (χ3n) is 2.68. The summed E-state index contributed by atoms with van der Waals surface area (Å²) >= 11 is 0. The summed E-state index contributed by atoms with van der Waals surface area (Å²) in [7, 11) is 4.16. The highest BCUT2D eigenvalue weighted by Gasteiger charge is 2.06. The largest absolute Gasteiger partial charge is 0.309 e. The molecule has 2 aromatic heterocycles. The van der Waals surface area contributed by atoms with Crippen molar-refractivity contribution < 1.29 is 0 Å². The first-order chi connectivity index (χ1) is 8.16. The third kappa shape index (κ3) is 3.01. The predicted molar refractivity (Wildman–Crippen MR) is 67.8 cm³/mol. The lowest BCUT2D eigenvalue weighted by Crippen LogP contribution is -2.35. The molecular weight excluding hydrogens is 214 g/mol. The molecule has 92 valence electrons. The molecule has 5 nitrogen and oxygen atoms in total. The Morgan fingerprint density at radius 2 is 2.24 bits per heavy atom. The first kappa shape index (κ1) is 12.0. The van der Waals surface area contributed by atoms with Crippen molar-refractivity contribution in [2.45, 2.75) is 19.5 Å². The average molecular weight is 233 g/mol. The van der Waals surface area contributed by atoms with Crippen LogP contribution in [0.2, 0.25) is 0 Å². The van der Waals surface area contributed by atoms with Crippen molar-refractivity contribution in [1.29, 1.82) is 0 Å². The van der Waals surface area contributed by atoms with Crippen molar-refractivity contribution in [2.75, 3.05) is 20.6 Å². The molecule has 2 aromatic rings. The molecule has 5 heteroatoms. The van der Waals surface area contributed by atoms with Gasteiger partial charge in [-0.05, 0) is 21.0 Å². The Bertz CT molecular complexity index is 476. The summed E-state index contributed by atoms with van der Waals surface area (Å²) in [5.74, 6) is 0. The summed E-state index contributed by atoms with van der Waals surface area (Å²) in [4.78, 5) is 6.30. The Morgan fingerprint density at radius 1 is 1.41 bits per heavy atom. The van der Waals surface area contributed by atoms with E-state index in [2.05, 4.69) is 41.3 Å². The number of likely N-dealkylation sites (N-methyl/N-ethyl adjacent to an activating group) is 1. The van der Waals surface area contributed by atoms with Gasteiger partial charge in [-0.1, -0.05) is 0 Å². The van der Waals surface area contributed by atoms with Crippen molar-refractivity contribution in [3.05, 3.63) is 30.4 Å². The zero-order valence-corrected chi connectivity index (χ0v) is 10.6. The zero-order valence-electron chi connectivity index (χ0n) is 10.6. The van der Waals surface area contributed by atoms with E-state index < -0.39 is 0 Å². The van der Waals surface area contributed by atoms with Gasteiger partial charge in [-0.2, -0.15) is 5.10 Å². The van der Waals surface area contributed by atoms with Crippen LogP contribution in [0.15, 0.2) is 24.8 Å². The first-order valence-corrected chi connectivity index (χ1v) is 5.81. The molecular formula is C12H19N5. The zero-order chi connectivity index (χ0) is 12.3. The topological polar surface area (TPSA) is 45.5 Å². The van der Waals surface area contributed by atoms with Crippen molar-refractivity contribution in [2.24, 2.45) is 0 Å². The molecule has 0 aliphatic rings. The molecule has 0 amide bonds. The summed E-state index contributed by atoms with van der Waals surface area (Å²) < 4.78 is 1.85. The van der Waals surface area contributed by atoms with Gasteiger partial charge in [0.1, 0.15) is 0 Å². The Kier molecular flexibility index (Phi) is 3.71. The molecule has 0 bridgehead atoms. The number of nitrogens with zero attached hydrogens (tertiary/aromatic N) is 4. The molecule has 0 saturated heterocycles. The smallest absolute Gasteiger partial charge is 0.0889 e. The summed E-state index contributed by atoms with van der Waals surface area (Å²) in [5.41, 5.74) is 2.25. The van der Waals surface area contributed by atoms with Crippen LogP contribution in [0, 0.1) is 0 Å². The number of fused-ring (bicyclic) bond motifs is 1. The van der Waals surface area contributed by atoms with E-state index in [0.29, 0.717) is 6.04 Å². The van der Waals surface area contributed by atoms with Gasteiger partial charge in [-0.3, -0.25) is 4.98 Å². The van der Waals surface area contributed by atoms with Crippen LogP contribution in [0.1, 0.15) is 12.5 Å². The molecule has 17 heavy (non-hydrogen) atoms. The number of hydrogen-bond donors (Lipinski definition) is 1. The van der Waals surface area contributed by atoms with Crippen molar-refractivity contribution in [3.63, 3.8) is 0 Å². The maximum absolute atomic E-state index is 4.28. The van der Waals surface area contributed by atoms with Gasteiger partial charge in [-0.25, -0.2) is 4.52 Å². The SMILES string of the molecule is CC(CN(C)C)NCc1cnn2ccncc12. The summed E-state index contributed by atoms with van der Waals surface area (Å²) in [6, 6.07) is 0.455. The van der Waals surface area contributed by atoms with Gasteiger partial charge in [0.25, 0.3) is 0 Å². The van der Waals surface area contributed by atoms with E-state index in [0.717, 1.165) is 18.6 Å². The standard InChI is InChI=1S/C12H19N5/c1-10(9-16(2)3)14-6-11-7-15-17-5-4-13-8-12(11)17/h4-5,7-8,10,14H,6,9H2,1-3H3. The summed E-state index contributed by atoms with van der Waals surface area (Å²) in [6.45, 7) is 4.03. The van der Waals surface area contributed by atoms with Gasteiger partial charge in [0.05, 0.1) is 17.9 Å². The van der Waals surface area contributed by atoms with E-state index in [1.54, 1.807) is 6.20 Å². The second kappa shape index (κ2) is 5.25. The molecule has 1 unspecified atom stereocenters. The van der Waals surface area contributed by atoms with Crippen LogP contribution in [-0.2, 0) is 6.54 Å². The fourth-order valence-electron chi connectivity index (χ4n) is 1.92. The molecule has 1 atom stereocenters. The molecule has 0 saturated carbocycles. The number of nitrogens with one attached hydrogen (secondary N) is 1. The molecule has 2 rings (SSSR count). The Hall–Kier alpha value is -1.46. The number of hydrogen-bond acceptors (Lipinski definition) is 4. The van der Waals surface area contributed by atoms with E-state index in [9.17, 15) is 0 Å². The molecule has 0 fully saturated rings. The maximum atomic E-state index is 4.28. The highest BCUT2D eigenvalue weighted by molar-refractivity contribution is 5.51. The van der Waals surface area contributed by atoms with Crippen molar-refractivity contribution in [3.8, 4) is 0 Å². The van der Waals surface area contributed by atoms with Gasteiger partial charge >= 0.3 is 0 Å². The lowest BCUT2D eigenvalue weighted by molar-refractivity contribution is 0.349. The minimum absolute atomic E-state index is 0.455. The predicted octanol–water partition coefficient (Wildman–Crippen LogP) is 0.769. The van der Waals surface area contributed by atoms with Gasteiger partial charge in [0.15, 0.2) is 0 Å². The minimum Gasteiger partial charge on any atom is -0.309 e. The van der Waals surface area contributed by atoms with Crippen LogP contribution >= 0.6 is 0 Å². The number of rotatable bonds is 5. The normalized spacial score (nSPS) is 13.4. The molecule has 0 radical (unpaired) electrons. The van der Waals surface area contributed by atoms with Crippen LogP contribution in [0.5, 0.6) is 0 Å². The highest BCUT2D eigenvalue weighted by atomic mass is 15.2. The maximum Gasteiger partial charge on any atom is 0.0889 e.